The van der Waals surface area contributed by atoms with Crippen LogP contribution in [0.4, 0.5) is 9.18 Å². The zero-order valence-corrected chi connectivity index (χ0v) is 15.2. The average Bonchev–Trinajstić information content (AvgIpc) is 2.95. The van der Waals surface area contributed by atoms with Crippen LogP contribution in [-0.2, 0) is 5.79 Å². The second-order valence-electron chi connectivity index (χ2n) is 7.49. The van der Waals surface area contributed by atoms with Crippen molar-refractivity contribution in [3.63, 3.8) is 0 Å². The maximum Gasteiger partial charge on any atom is 0.407 e. The van der Waals surface area contributed by atoms with Gasteiger partial charge in [0.15, 0.2) is 11.5 Å². The SMILES string of the molecule is CC1(c2ccc(Cl)cc2F)Oc2cccc([C@@H]3[C@@H]4CN(C(=O)O)C[C@@H]43)c2O1. The van der Waals surface area contributed by atoms with E-state index in [1.807, 2.05) is 12.1 Å². The normalized spacial score (nSPS) is 30.3. The van der Waals surface area contributed by atoms with E-state index in [2.05, 4.69) is 0 Å². The molecule has 4 atom stereocenters. The fraction of sp³-hybridized carbons (Fsp3) is 0.350. The van der Waals surface area contributed by atoms with E-state index in [1.165, 1.54) is 11.0 Å². The van der Waals surface area contributed by atoms with Gasteiger partial charge in [-0.25, -0.2) is 9.18 Å². The summed E-state index contributed by atoms with van der Waals surface area (Å²) in [7, 11) is 0. The van der Waals surface area contributed by atoms with Crippen molar-refractivity contribution < 1.29 is 23.8 Å². The molecule has 1 saturated heterocycles. The van der Waals surface area contributed by atoms with Crippen LogP contribution in [0.25, 0.3) is 0 Å². The van der Waals surface area contributed by atoms with Crippen molar-refractivity contribution >= 4 is 17.7 Å². The summed E-state index contributed by atoms with van der Waals surface area (Å²) in [6, 6.07) is 10.1. The van der Waals surface area contributed by atoms with Crippen LogP contribution < -0.4 is 9.47 Å². The molecule has 1 aliphatic carbocycles. The van der Waals surface area contributed by atoms with Gasteiger partial charge in [0.2, 0.25) is 0 Å². The molecule has 5 rings (SSSR count). The van der Waals surface area contributed by atoms with Gasteiger partial charge in [-0.1, -0.05) is 23.7 Å². The summed E-state index contributed by atoms with van der Waals surface area (Å²) < 4.78 is 26.6. The first-order valence-electron chi connectivity index (χ1n) is 8.82. The van der Waals surface area contributed by atoms with Crippen LogP contribution in [0.15, 0.2) is 36.4 Å². The highest BCUT2D eigenvalue weighted by Crippen LogP contribution is 2.62. The van der Waals surface area contributed by atoms with Crippen LogP contribution in [0.5, 0.6) is 11.5 Å². The number of carbonyl (C=O) groups is 1. The molecule has 7 heteroatoms. The van der Waals surface area contributed by atoms with Gasteiger partial charge in [-0.15, -0.1) is 0 Å². The predicted octanol–water partition coefficient (Wildman–Crippen LogP) is 4.45. The quantitative estimate of drug-likeness (QED) is 0.824. The van der Waals surface area contributed by atoms with Crippen molar-refractivity contribution in [1.82, 2.24) is 4.90 Å². The fourth-order valence-corrected chi connectivity index (χ4v) is 4.68. The van der Waals surface area contributed by atoms with Crippen LogP contribution >= 0.6 is 11.6 Å². The number of fused-ring (bicyclic) bond motifs is 2. The Morgan fingerprint density at radius 1 is 1.26 bits per heavy atom. The molecule has 0 spiro atoms. The van der Waals surface area contributed by atoms with E-state index in [4.69, 9.17) is 26.2 Å². The maximum atomic E-state index is 14.4. The van der Waals surface area contributed by atoms with Gasteiger partial charge in [-0.05, 0) is 42.0 Å². The average molecular weight is 390 g/mol. The van der Waals surface area contributed by atoms with Gasteiger partial charge in [-0.3, -0.25) is 0 Å². The zero-order chi connectivity index (χ0) is 18.9. The van der Waals surface area contributed by atoms with Crippen molar-refractivity contribution in [2.75, 3.05) is 13.1 Å². The summed E-state index contributed by atoms with van der Waals surface area (Å²) in [6.45, 7) is 2.76. The molecule has 0 radical (unpaired) electrons. The highest BCUT2D eigenvalue weighted by Gasteiger charge is 2.59. The highest BCUT2D eigenvalue weighted by molar-refractivity contribution is 6.30. The van der Waals surface area contributed by atoms with Crippen LogP contribution in [0.2, 0.25) is 5.02 Å². The summed E-state index contributed by atoms with van der Waals surface area (Å²) in [5.74, 6) is 0.284. The van der Waals surface area contributed by atoms with E-state index >= 15 is 0 Å². The first kappa shape index (κ1) is 16.7. The second kappa shape index (κ2) is 5.52. The number of likely N-dealkylation sites (tertiary alicyclic amines) is 1. The van der Waals surface area contributed by atoms with Gasteiger partial charge >= 0.3 is 6.09 Å². The van der Waals surface area contributed by atoms with Crippen LogP contribution in [0.3, 0.4) is 0 Å². The van der Waals surface area contributed by atoms with Gasteiger partial charge in [0, 0.05) is 30.6 Å². The molecule has 1 saturated carbocycles. The molecule has 1 unspecified atom stereocenters. The van der Waals surface area contributed by atoms with Gasteiger partial charge in [0.1, 0.15) is 5.82 Å². The Labute approximate surface area is 160 Å². The number of halogens is 2. The molecule has 0 aromatic heterocycles. The molecule has 2 aliphatic heterocycles. The Hall–Kier alpha value is -2.47. The summed E-state index contributed by atoms with van der Waals surface area (Å²) >= 11 is 5.85. The van der Waals surface area contributed by atoms with Crippen molar-refractivity contribution in [2.24, 2.45) is 11.8 Å². The van der Waals surface area contributed by atoms with Gasteiger partial charge in [0.05, 0.1) is 5.56 Å². The van der Waals surface area contributed by atoms with E-state index in [9.17, 15) is 9.18 Å². The third-order valence-electron chi connectivity index (χ3n) is 5.85. The Bertz CT molecular complexity index is 955. The predicted molar refractivity (Wildman–Crippen MR) is 95.8 cm³/mol. The molecule has 2 heterocycles. The zero-order valence-electron chi connectivity index (χ0n) is 14.5. The van der Waals surface area contributed by atoms with Crippen molar-refractivity contribution in [1.29, 1.82) is 0 Å². The topological polar surface area (TPSA) is 59.0 Å². The molecule has 2 fully saturated rings. The lowest BCUT2D eigenvalue weighted by atomic mass is 10.0. The maximum absolute atomic E-state index is 14.4. The van der Waals surface area contributed by atoms with E-state index in [-0.39, 0.29) is 11.5 Å². The Morgan fingerprint density at radius 2 is 2.00 bits per heavy atom. The van der Waals surface area contributed by atoms with Gasteiger partial charge in [-0.2, -0.15) is 0 Å². The minimum absolute atomic E-state index is 0.247. The third-order valence-corrected chi connectivity index (χ3v) is 6.09. The fourth-order valence-electron chi connectivity index (χ4n) is 4.52. The van der Waals surface area contributed by atoms with Gasteiger partial charge < -0.3 is 19.5 Å². The van der Waals surface area contributed by atoms with E-state index in [1.54, 1.807) is 25.1 Å². The summed E-state index contributed by atoms with van der Waals surface area (Å²) in [6.07, 6.45) is -0.871. The monoisotopic (exact) mass is 389 g/mol. The molecule has 27 heavy (non-hydrogen) atoms. The minimum Gasteiger partial charge on any atom is -0.465 e. The Morgan fingerprint density at radius 3 is 2.67 bits per heavy atom. The van der Waals surface area contributed by atoms with E-state index in [0.29, 0.717) is 41.4 Å². The number of hydrogen-bond donors (Lipinski definition) is 1. The lowest BCUT2D eigenvalue weighted by molar-refractivity contribution is -0.0710. The highest BCUT2D eigenvalue weighted by atomic mass is 35.5. The second-order valence-corrected chi connectivity index (χ2v) is 7.93. The first-order chi connectivity index (χ1) is 12.9. The molecular formula is C20H17ClFNO4. The molecule has 0 bridgehead atoms. The molecule has 1 amide bonds. The summed E-state index contributed by atoms with van der Waals surface area (Å²) in [5, 5.41) is 9.45. The number of carboxylic acid groups (broad SMARTS) is 1. The first-order valence-corrected chi connectivity index (χ1v) is 9.19. The smallest absolute Gasteiger partial charge is 0.407 e. The number of nitrogens with zero attached hydrogens (tertiary/aromatic N) is 1. The largest absolute Gasteiger partial charge is 0.465 e. The number of para-hydroxylation sites is 1. The Kier molecular flexibility index (Phi) is 3.41. The number of benzene rings is 2. The van der Waals surface area contributed by atoms with Crippen LogP contribution in [0.1, 0.15) is 24.0 Å². The molecular weight excluding hydrogens is 373 g/mol. The van der Waals surface area contributed by atoms with Gasteiger partial charge in [0.25, 0.3) is 5.79 Å². The number of rotatable bonds is 2. The van der Waals surface area contributed by atoms with E-state index in [0.717, 1.165) is 5.56 Å². The van der Waals surface area contributed by atoms with Crippen molar-refractivity contribution in [3.05, 3.63) is 58.4 Å². The van der Waals surface area contributed by atoms with Crippen LogP contribution in [-0.4, -0.2) is 29.2 Å². The molecule has 2 aromatic rings. The van der Waals surface area contributed by atoms with Crippen molar-refractivity contribution in [2.45, 2.75) is 18.6 Å². The summed E-state index contributed by atoms with van der Waals surface area (Å²) in [4.78, 5) is 12.6. The number of piperidine rings is 1. The molecule has 140 valence electrons. The molecule has 1 N–H and O–H groups in total. The van der Waals surface area contributed by atoms with Crippen LogP contribution in [0, 0.1) is 17.7 Å². The molecule has 2 aromatic carbocycles. The minimum atomic E-state index is -1.27. The number of ether oxygens (including phenoxy) is 2. The van der Waals surface area contributed by atoms with Crippen molar-refractivity contribution in [3.8, 4) is 11.5 Å². The Balaban J connectivity index is 1.44. The number of hydrogen-bond acceptors (Lipinski definition) is 3. The van der Waals surface area contributed by atoms with E-state index < -0.39 is 17.7 Å². The molecule has 3 aliphatic rings. The standard InChI is InChI=1S/C20H17ClFNO4/c1-20(14-6-5-10(21)7-15(14)22)26-16-4-2-3-11(18(16)27-20)17-12-8-23(19(24)25)9-13(12)17/h2-7,12-13,17H,8-9H2,1H3,(H,24,25)/t12-,13+,17-,20?. The summed E-state index contributed by atoms with van der Waals surface area (Å²) in [5.41, 5.74) is 1.28. The third kappa shape index (κ3) is 2.46. The number of amides is 1. The lowest BCUT2D eigenvalue weighted by Crippen LogP contribution is -2.32. The lowest BCUT2D eigenvalue weighted by Gasteiger charge is -2.24. The molecule has 5 nitrogen and oxygen atoms in total.